The van der Waals surface area contributed by atoms with Gasteiger partial charge >= 0.3 is 0 Å². The fourth-order valence-electron chi connectivity index (χ4n) is 2.22. The number of hydrogen-bond acceptors (Lipinski definition) is 1. The summed E-state index contributed by atoms with van der Waals surface area (Å²) < 4.78 is 1.98. The third-order valence-corrected chi connectivity index (χ3v) is 3.58. The molecule has 2 nitrogen and oxygen atoms in total. The monoisotopic (exact) mass is 302 g/mol. The van der Waals surface area contributed by atoms with E-state index in [1.54, 1.807) is 12.5 Å². The molecule has 1 aromatic heterocycles. The van der Waals surface area contributed by atoms with E-state index in [1.807, 2.05) is 47.2 Å². The van der Waals surface area contributed by atoms with Gasteiger partial charge in [0.05, 0.1) is 12.0 Å². The fraction of sp³-hybridized carbons (Fsp3) is 0.0625. The number of rotatable bonds is 3. The lowest BCUT2D eigenvalue weighted by Crippen LogP contribution is -1.98. The second-order valence-corrected chi connectivity index (χ2v) is 5.42. The Kier molecular flexibility index (Phi) is 3.77. The first-order valence-corrected chi connectivity index (χ1v) is 6.99. The van der Waals surface area contributed by atoms with Crippen molar-refractivity contribution in [1.82, 2.24) is 9.55 Å². The van der Waals surface area contributed by atoms with E-state index in [0.29, 0.717) is 0 Å². The summed E-state index contributed by atoms with van der Waals surface area (Å²) in [7, 11) is 0. The van der Waals surface area contributed by atoms with Crippen molar-refractivity contribution in [2.45, 2.75) is 6.42 Å². The SMILES string of the molecule is Clc1cccc(Cc2cc(Cl)ccc2-n2ccnc2)c1. The van der Waals surface area contributed by atoms with Gasteiger partial charge in [0.2, 0.25) is 0 Å². The van der Waals surface area contributed by atoms with Crippen molar-refractivity contribution in [3.8, 4) is 5.69 Å². The van der Waals surface area contributed by atoms with Crippen LogP contribution in [0.25, 0.3) is 5.69 Å². The molecule has 0 aliphatic carbocycles. The maximum Gasteiger partial charge on any atom is 0.0991 e. The Morgan fingerprint density at radius 2 is 1.85 bits per heavy atom. The molecule has 1 heterocycles. The summed E-state index contributed by atoms with van der Waals surface area (Å²) in [6.07, 6.45) is 6.24. The van der Waals surface area contributed by atoms with E-state index in [4.69, 9.17) is 23.2 Å². The molecule has 100 valence electrons. The standard InChI is InChI=1S/C16H12Cl2N2/c17-14-3-1-2-12(9-14)8-13-10-15(18)4-5-16(13)20-7-6-19-11-20/h1-7,9-11H,8H2. The number of benzene rings is 2. The number of halogens is 2. The van der Waals surface area contributed by atoms with Crippen molar-refractivity contribution in [2.75, 3.05) is 0 Å². The van der Waals surface area contributed by atoms with Gasteiger partial charge in [0, 0.05) is 22.4 Å². The van der Waals surface area contributed by atoms with E-state index in [0.717, 1.165) is 33.3 Å². The van der Waals surface area contributed by atoms with Gasteiger partial charge in [0.1, 0.15) is 0 Å². The van der Waals surface area contributed by atoms with Gasteiger partial charge in [-0.3, -0.25) is 0 Å². The molecule has 0 saturated heterocycles. The number of hydrogen-bond donors (Lipinski definition) is 0. The second kappa shape index (κ2) is 5.70. The Balaban J connectivity index is 2.02. The molecular formula is C16H12Cl2N2. The summed E-state index contributed by atoms with van der Waals surface area (Å²) in [5.41, 5.74) is 3.37. The molecule has 0 fully saturated rings. The van der Waals surface area contributed by atoms with Crippen molar-refractivity contribution in [3.63, 3.8) is 0 Å². The summed E-state index contributed by atoms with van der Waals surface area (Å²) in [6, 6.07) is 13.7. The minimum Gasteiger partial charge on any atom is -0.306 e. The summed E-state index contributed by atoms with van der Waals surface area (Å²) in [5.74, 6) is 0. The highest BCUT2D eigenvalue weighted by atomic mass is 35.5. The number of nitrogens with zero attached hydrogens (tertiary/aromatic N) is 2. The Morgan fingerprint density at radius 1 is 1.00 bits per heavy atom. The minimum atomic E-state index is 0.728. The van der Waals surface area contributed by atoms with Crippen molar-refractivity contribution < 1.29 is 0 Å². The van der Waals surface area contributed by atoms with Crippen LogP contribution in [0.1, 0.15) is 11.1 Å². The molecule has 0 aliphatic heterocycles. The molecular weight excluding hydrogens is 291 g/mol. The van der Waals surface area contributed by atoms with Crippen LogP contribution in [0.5, 0.6) is 0 Å². The maximum absolute atomic E-state index is 6.12. The largest absolute Gasteiger partial charge is 0.306 e. The third kappa shape index (κ3) is 2.87. The van der Waals surface area contributed by atoms with E-state index in [2.05, 4.69) is 11.1 Å². The topological polar surface area (TPSA) is 17.8 Å². The summed E-state index contributed by atoms with van der Waals surface area (Å²) in [6.45, 7) is 0. The van der Waals surface area contributed by atoms with Gasteiger partial charge < -0.3 is 4.57 Å². The predicted molar refractivity (Wildman–Crippen MR) is 82.8 cm³/mol. The van der Waals surface area contributed by atoms with E-state index in [9.17, 15) is 0 Å². The van der Waals surface area contributed by atoms with Gasteiger partial charge in [-0.15, -0.1) is 0 Å². The molecule has 0 atom stereocenters. The molecule has 0 amide bonds. The molecule has 0 N–H and O–H groups in total. The van der Waals surface area contributed by atoms with Crippen LogP contribution >= 0.6 is 23.2 Å². The number of aromatic nitrogens is 2. The molecule has 3 rings (SSSR count). The van der Waals surface area contributed by atoms with Crippen LogP contribution in [0.4, 0.5) is 0 Å². The molecule has 0 bridgehead atoms. The molecule has 0 radical (unpaired) electrons. The quantitative estimate of drug-likeness (QED) is 0.681. The van der Waals surface area contributed by atoms with Crippen molar-refractivity contribution >= 4 is 23.2 Å². The van der Waals surface area contributed by atoms with E-state index in [-0.39, 0.29) is 0 Å². The van der Waals surface area contributed by atoms with Gasteiger partial charge in [-0.25, -0.2) is 4.98 Å². The summed E-state index contributed by atoms with van der Waals surface area (Å²) >= 11 is 12.2. The maximum atomic E-state index is 6.12. The van der Waals surface area contributed by atoms with E-state index in [1.165, 1.54) is 0 Å². The predicted octanol–water partition coefficient (Wildman–Crippen LogP) is 4.77. The van der Waals surface area contributed by atoms with Gasteiger partial charge in [0.15, 0.2) is 0 Å². The summed E-state index contributed by atoms with van der Waals surface area (Å²) in [4.78, 5) is 4.09. The molecule has 2 aromatic carbocycles. The Morgan fingerprint density at radius 3 is 2.60 bits per heavy atom. The Hall–Kier alpha value is -1.77. The molecule has 0 spiro atoms. The van der Waals surface area contributed by atoms with Crippen molar-refractivity contribution in [1.29, 1.82) is 0 Å². The molecule has 3 aromatic rings. The van der Waals surface area contributed by atoms with E-state index < -0.39 is 0 Å². The highest BCUT2D eigenvalue weighted by Crippen LogP contribution is 2.23. The average Bonchev–Trinajstić information content (AvgIpc) is 2.93. The average molecular weight is 303 g/mol. The first-order valence-electron chi connectivity index (χ1n) is 6.23. The lowest BCUT2D eigenvalue weighted by molar-refractivity contribution is 1.02. The van der Waals surface area contributed by atoms with Gasteiger partial charge in [-0.2, -0.15) is 0 Å². The number of imidazole rings is 1. The van der Waals surface area contributed by atoms with Crippen LogP contribution in [0.2, 0.25) is 10.0 Å². The minimum absolute atomic E-state index is 0.728. The summed E-state index contributed by atoms with van der Waals surface area (Å²) in [5, 5.41) is 1.47. The normalized spacial score (nSPS) is 10.7. The Bertz CT molecular complexity index is 721. The molecule has 4 heteroatoms. The van der Waals surface area contributed by atoms with Crippen LogP contribution in [0, 0.1) is 0 Å². The van der Waals surface area contributed by atoms with Crippen molar-refractivity contribution in [2.24, 2.45) is 0 Å². The molecule has 0 unspecified atom stereocenters. The molecule has 0 aliphatic rings. The molecule has 0 saturated carbocycles. The second-order valence-electron chi connectivity index (χ2n) is 4.55. The van der Waals surface area contributed by atoms with Gasteiger partial charge in [-0.05, 0) is 47.9 Å². The van der Waals surface area contributed by atoms with Crippen molar-refractivity contribution in [3.05, 3.63) is 82.4 Å². The molecule has 20 heavy (non-hydrogen) atoms. The van der Waals surface area contributed by atoms with Gasteiger partial charge in [0.25, 0.3) is 0 Å². The fourth-order valence-corrected chi connectivity index (χ4v) is 2.62. The first-order chi connectivity index (χ1) is 9.72. The highest BCUT2D eigenvalue weighted by Gasteiger charge is 2.07. The van der Waals surface area contributed by atoms with Crippen LogP contribution in [-0.4, -0.2) is 9.55 Å². The van der Waals surface area contributed by atoms with E-state index >= 15 is 0 Å². The highest BCUT2D eigenvalue weighted by molar-refractivity contribution is 6.31. The first kappa shape index (κ1) is 13.2. The zero-order valence-electron chi connectivity index (χ0n) is 10.6. The van der Waals surface area contributed by atoms with Crippen LogP contribution in [0.3, 0.4) is 0 Å². The van der Waals surface area contributed by atoms with Crippen LogP contribution in [0.15, 0.2) is 61.2 Å². The van der Waals surface area contributed by atoms with Crippen LogP contribution in [-0.2, 0) is 6.42 Å². The smallest absolute Gasteiger partial charge is 0.0991 e. The third-order valence-electron chi connectivity index (χ3n) is 3.11. The van der Waals surface area contributed by atoms with Gasteiger partial charge in [-0.1, -0.05) is 35.3 Å². The zero-order valence-corrected chi connectivity index (χ0v) is 12.1. The lowest BCUT2D eigenvalue weighted by Gasteiger charge is -2.11. The van der Waals surface area contributed by atoms with Crippen LogP contribution < -0.4 is 0 Å². The lowest BCUT2D eigenvalue weighted by atomic mass is 10.0. The Labute approximate surface area is 127 Å². The zero-order chi connectivity index (χ0) is 13.9.